The Morgan fingerprint density at radius 3 is 2.59 bits per heavy atom. The van der Waals surface area contributed by atoms with Crippen molar-refractivity contribution in [1.82, 2.24) is 19.7 Å². The average Bonchev–Trinajstić information content (AvgIpc) is 3.11. The summed E-state index contributed by atoms with van der Waals surface area (Å²) in [7, 11) is 0. The lowest BCUT2D eigenvalue weighted by molar-refractivity contribution is -0.127. The number of amides is 2. The average molecular weight is 469 g/mol. The summed E-state index contributed by atoms with van der Waals surface area (Å²) in [4.78, 5) is 27.8. The first-order valence-electron chi connectivity index (χ1n) is 10.8. The van der Waals surface area contributed by atoms with Gasteiger partial charge in [-0.05, 0) is 56.5 Å². The van der Waals surface area contributed by atoms with Crippen molar-refractivity contribution in [3.8, 4) is 11.4 Å². The number of likely N-dealkylation sites (tertiary alicyclic amines) is 1. The minimum absolute atomic E-state index is 0.171. The number of halogens is 1. The largest absolute Gasteiger partial charge is 0.302 e. The number of carbonyl (C=O) groups excluding carboxylic acids is 2. The highest BCUT2D eigenvalue weighted by Crippen LogP contribution is 2.32. The number of hydrogen-bond donors (Lipinski definition) is 0. The molecule has 32 heavy (non-hydrogen) atoms. The fraction of sp³-hybridized carbons (Fsp3) is 0.333. The van der Waals surface area contributed by atoms with Crippen molar-refractivity contribution in [3.05, 3.63) is 64.7 Å². The van der Waals surface area contributed by atoms with Crippen molar-refractivity contribution >= 4 is 35.2 Å². The van der Waals surface area contributed by atoms with Crippen LogP contribution in [0.5, 0.6) is 0 Å². The molecule has 2 amide bonds. The monoisotopic (exact) mass is 468 g/mol. The zero-order chi connectivity index (χ0) is 22.7. The highest BCUT2D eigenvalue weighted by molar-refractivity contribution is 8.00. The van der Waals surface area contributed by atoms with Crippen LogP contribution in [0.25, 0.3) is 11.4 Å². The van der Waals surface area contributed by atoms with Gasteiger partial charge in [0.1, 0.15) is 0 Å². The van der Waals surface area contributed by atoms with Gasteiger partial charge in [-0.3, -0.25) is 14.5 Å². The molecule has 1 aliphatic rings. The lowest BCUT2D eigenvalue weighted by Gasteiger charge is -2.22. The molecular weight excluding hydrogens is 444 g/mol. The number of thioether (sulfide) groups is 1. The van der Waals surface area contributed by atoms with Crippen LogP contribution in [0.4, 0.5) is 0 Å². The second-order valence-electron chi connectivity index (χ2n) is 7.77. The Hall–Kier alpha value is -2.64. The number of hydrogen-bond acceptors (Lipinski definition) is 5. The summed E-state index contributed by atoms with van der Waals surface area (Å²) in [6.45, 7) is 5.20. The van der Waals surface area contributed by atoms with E-state index in [0.29, 0.717) is 35.3 Å². The molecule has 0 aliphatic carbocycles. The molecule has 8 heteroatoms. The van der Waals surface area contributed by atoms with Crippen molar-refractivity contribution in [3.63, 3.8) is 0 Å². The fourth-order valence-electron chi connectivity index (χ4n) is 3.88. The van der Waals surface area contributed by atoms with E-state index in [2.05, 4.69) is 10.2 Å². The third-order valence-corrected chi connectivity index (χ3v) is 7.13. The molecule has 0 radical (unpaired) electrons. The Kier molecular flexibility index (Phi) is 6.96. The van der Waals surface area contributed by atoms with E-state index in [1.165, 1.54) is 16.7 Å². The third kappa shape index (κ3) is 4.59. The Labute approximate surface area is 197 Å². The SMILES string of the molecule is CCn1c(SC2CCCCN(C(=O)c3ccc(Cl)cc3)C2=O)nnc1-c1ccccc1C. The first-order valence-corrected chi connectivity index (χ1v) is 12.0. The molecule has 166 valence electrons. The van der Waals surface area contributed by atoms with Gasteiger partial charge in [0.15, 0.2) is 11.0 Å². The molecule has 0 saturated carbocycles. The van der Waals surface area contributed by atoms with Crippen LogP contribution in [0, 0.1) is 6.92 Å². The summed E-state index contributed by atoms with van der Waals surface area (Å²) in [6.07, 6.45) is 2.36. The second kappa shape index (κ2) is 9.88. The Bertz CT molecular complexity index is 1130. The summed E-state index contributed by atoms with van der Waals surface area (Å²) in [5, 5.41) is 9.71. The molecule has 0 spiro atoms. The highest BCUT2D eigenvalue weighted by Gasteiger charge is 2.33. The van der Waals surface area contributed by atoms with Gasteiger partial charge >= 0.3 is 0 Å². The molecule has 2 aromatic carbocycles. The zero-order valence-electron chi connectivity index (χ0n) is 18.1. The predicted octanol–water partition coefficient (Wildman–Crippen LogP) is 5.24. The molecule has 0 bridgehead atoms. The van der Waals surface area contributed by atoms with Crippen molar-refractivity contribution in [1.29, 1.82) is 0 Å². The quantitative estimate of drug-likeness (QED) is 0.479. The van der Waals surface area contributed by atoms with E-state index in [4.69, 9.17) is 11.6 Å². The number of aryl methyl sites for hydroxylation is 1. The van der Waals surface area contributed by atoms with Crippen LogP contribution in [0.1, 0.15) is 42.1 Å². The highest BCUT2D eigenvalue weighted by atomic mass is 35.5. The summed E-state index contributed by atoms with van der Waals surface area (Å²) in [6, 6.07) is 14.7. The van der Waals surface area contributed by atoms with Crippen molar-refractivity contribution < 1.29 is 9.59 Å². The van der Waals surface area contributed by atoms with Crippen molar-refractivity contribution in [2.75, 3.05) is 6.54 Å². The van der Waals surface area contributed by atoms with Gasteiger partial charge in [0.25, 0.3) is 5.91 Å². The summed E-state index contributed by atoms with van der Waals surface area (Å²) < 4.78 is 2.04. The van der Waals surface area contributed by atoms with Crippen LogP contribution in [0.2, 0.25) is 5.02 Å². The van der Waals surface area contributed by atoms with E-state index < -0.39 is 0 Å². The smallest absolute Gasteiger partial charge is 0.260 e. The molecule has 1 unspecified atom stereocenters. The second-order valence-corrected chi connectivity index (χ2v) is 9.38. The van der Waals surface area contributed by atoms with Crippen molar-refractivity contribution in [2.24, 2.45) is 0 Å². The Morgan fingerprint density at radius 2 is 1.88 bits per heavy atom. The van der Waals surface area contributed by atoms with Gasteiger partial charge in [-0.2, -0.15) is 0 Å². The van der Waals surface area contributed by atoms with Gasteiger partial charge in [-0.25, -0.2) is 0 Å². The van der Waals surface area contributed by atoms with Crippen molar-refractivity contribution in [2.45, 2.75) is 50.1 Å². The fourth-order valence-corrected chi connectivity index (χ4v) is 5.20. The zero-order valence-corrected chi connectivity index (χ0v) is 19.7. The maximum absolute atomic E-state index is 13.4. The summed E-state index contributed by atoms with van der Waals surface area (Å²) in [5.41, 5.74) is 2.61. The van der Waals surface area contributed by atoms with E-state index in [1.54, 1.807) is 24.3 Å². The molecule has 1 atom stereocenters. The topological polar surface area (TPSA) is 68.1 Å². The minimum Gasteiger partial charge on any atom is -0.302 e. The van der Waals surface area contributed by atoms with Crippen LogP contribution < -0.4 is 0 Å². The van der Waals surface area contributed by atoms with Crippen LogP contribution in [-0.4, -0.2) is 43.3 Å². The normalized spacial score (nSPS) is 16.8. The van der Waals surface area contributed by atoms with Gasteiger partial charge in [0, 0.05) is 29.2 Å². The van der Waals surface area contributed by atoms with Gasteiger partial charge in [-0.15, -0.1) is 10.2 Å². The van der Waals surface area contributed by atoms with E-state index in [-0.39, 0.29) is 17.1 Å². The number of imide groups is 1. The number of benzene rings is 2. The van der Waals surface area contributed by atoms with E-state index in [1.807, 2.05) is 42.7 Å². The predicted molar refractivity (Wildman–Crippen MR) is 127 cm³/mol. The lowest BCUT2D eigenvalue weighted by Crippen LogP contribution is -2.41. The maximum atomic E-state index is 13.4. The third-order valence-electron chi connectivity index (χ3n) is 5.64. The Balaban J connectivity index is 1.58. The number of nitrogens with zero attached hydrogens (tertiary/aromatic N) is 4. The molecule has 2 heterocycles. The van der Waals surface area contributed by atoms with E-state index in [0.717, 1.165) is 29.8 Å². The van der Waals surface area contributed by atoms with Gasteiger partial charge in [0.2, 0.25) is 5.91 Å². The summed E-state index contributed by atoms with van der Waals surface area (Å²) >= 11 is 7.35. The van der Waals surface area contributed by atoms with E-state index in [9.17, 15) is 9.59 Å². The standard InChI is InChI=1S/C24H25ClN4O2S/c1-3-28-21(19-9-5-4-8-16(19)2)26-27-24(28)32-20-10-6-7-15-29(23(20)31)22(30)17-11-13-18(25)14-12-17/h4-5,8-9,11-14,20H,3,6-7,10,15H2,1-2H3. The van der Waals surface area contributed by atoms with Crippen LogP contribution >= 0.6 is 23.4 Å². The number of aromatic nitrogens is 3. The summed E-state index contributed by atoms with van der Waals surface area (Å²) in [5.74, 6) is 0.343. The molecule has 6 nitrogen and oxygen atoms in total. The van der Waals surface area contributed by atoms with Crippen LogP contribution in [0.15, 0.2) is 53.7 Å². The minimum atomic E-state index is -0.382. The maximum Gasteiger partial charge on any atom is 0.260 e. The van der Waals surface area contributed by atoms with Gasteiger partial charge in [-0.1, -0.05) is 54.0 Å². The van der Waals surface area contributed by atoms with Gasteiger partial charge in [0.05, 0.1) is 5.25 Å². The molecule has 1 saturated heterocycles. The molecule has 1 aliphatic heterocycles. The first-order chi connectivity index (χ1) is 15.5. The van der Waals surface area contributed by atoms with Gasteiger partial charge < -0.3 is 4.57 Å². The molecule has 0 N–H and O–H groups in total. The van der Waals surface area contributed by atoms with Crippen LogP contribution in [0.3, 0.4) is 0 Å². The van der Waals surface area contributed by atoms with E-state index >= 15 is 0 Å². The lowest BCUT2D eigenvalue weighted by atomic mass is 10.1. The number of rotatable bonds is 5. The molecule has 3 aromatic rings. The number of carbonyl (C=O) groups is 2. The Morgan fingerprint density at radius 1 is 1.12 bits per heavy atom. The van der Waals surface area contributed by atoms with Crippen LogP contribution in [-0.2, 0) is 11.3 Å². The first kappa shape index (κ1) is 22.6. The molecule has 1 fully saturated rings. The molecule has 1 aromatic heterocycles. The molecular formula is C24H25ClN4O2S. The molecule has 4 rings (SSSR count).